The predicted octanol–water partition coefficient (Wildman–Crippen LogP) is 2.11. The molecule has 0 saturated carbocycles. The van der Waals surface area contributed by atoms with Crippen LogP contribution < -0.4 is 15.6 Å². The molecular weight excluding hydrogens is 423 g/mol. The molecule has 0 heterocycles. The lowest BCUT2D eigenvalue weighted by molar-refractivity contribution is 0.0284. The average molecular weight is 454 g/mol. The van der Waals surface area contributed by atoms with Crippen molar-refractivity contribution in [1.29, 1.82) is 0 Å². The van der Waals surface area contributed by atoms with Crippen molar-refractivity contribution in [2.45, 2.75) is 47.1 Å². The number of nitrogens with one attached hydrogen (secondary N) is 1. The Morgan fingerprint density at radius 2 is 1.88 bits per heavy atom. The molecule has 9 heteroatoms. The normalized spacial score (nSPS) is 12.0. The Morgan fingerprint density at radius 3 is 2.39 bits per heavy atom. The van der Waals surface area contributed by atoms with Crippen molar-refractivity contribution in [3.8, 4) is 5.75 Å². The first-order chi connectivity index (χ1) is 15.5. The van der Waals surface area contributed by atoms with Gasteiger partial charge in [-0.1, -0.05) is 39.8 Å². The number of rotatable bonds is 7. The Labute approximate surface area is 194 Å². The highest BCUT2D eigenvalue weighted by Gasteiger charge is 2.35. The van der Waals surface area contributed by atoms with E-state index in [1.165, 1.54) is 30.3 Å². The second kappa shape index (κ2) is 10.6. The van der Waals surface area contributed by atoms with E-state index in [4.69, 9.17) is 4.74 Å². The average Bonchev–Trinajstić information content (AvgIpc) is 2.77. The first-order valence-electron chi connectivity index (χ1n) is 10.7. The molecule has 0 spiro atoms. The van der Waals surface area contributed by atoms with E-state index in [1.807, 2.05) is 27.7 Å². The van der Waals surface area contributed by atoms with E-state index < -0.39 is 18.9 Å². The van der Waals surface area contributed by atoms with Crippen molar-refractivity contribution in [1.82, 2.24) is 10.4 Å². The summed E-state index contributed by atoms with van der Waals surface area (Å²) in [5, 5.41) is 20.5. The Hall–Kier alpha value is -3.17. The SMILES string of the molecule is CCC(N(NC(=O)c1ccc(C=O)c(B(O)O)c1)C(=O)c1cccc(OC)c1C)C(C)(C)C. The summed E-state index contributed by atoms with van der Waals surface area (Å²) in [6, 6.07) is 8.74. The minimum Gasteiger partial charge on any atom is -0.496 e. The fourth-order valence-electron chi connectivity index (χ4n) is 3.87. The number of aldehydes is 1. The number of ether oxygens (including phenoxy) is 1. The van der Waals surface area contributed by atoms with Crippen molar-refractivity contribution in [2.24, 2.45) is 5.41 Å². The standard InChI is InChI=1S/C24H31BN2O6/c1-7-21(24(3,4)5)27(23(30)18-9-8-10-20(33-6)15(18)2)26-22(29)16-11-12-17(14-28)19(13-16)25(31)32/h8-14,21,31-32H,7H2,1-6H3,(H,26,29). The summed E-state index contributed by atoms with van der Waals surface area (Å²) in [6.07, 6.45) is 1.05. The highest BCUT2D eigenvalue weighted by molar-refractivity contribution is 6.60. The first kappa shape index (κ1) is 26.1. The van der Waals surface area contributed by atoms with Crippen molar-refractivity contribution in [3.05, 3.63) is 58.7 Å². The van der Waals surface area contributed by atoms with Crippen LogP contribution >= 0.6 is 0 Å². The van der Waals surface area contributed by atoms with Crippen LogP contribution in [0.5, 0.6) is 5.75 Å². The molecule has 1 unspecified atom stereocenters. The van der Waals surface area contributed by atoms with Gasteiger partial charge >= 0.3 is 7.12 Å². The zero-order valence-corrected chi connectivity index (χ0v) is 19.9. The minimum atomic E-state index is -1.92. The van der Waals surface area contributed by atoms with Crippen LogP contribution in [0.15, 0.2) is 36.4 Å². The second-order valence-corrected chi connectivity index (χ2v) is 8.87. The number of hydrogen-bond donors (Lipinski definition) is 3. The maximum Gasteiger partial charge on any atom is 0.489 e. The van der Waals surface area contributed by atoms with Gasteiger partial charge in [0.1, 0.15) is 12.0 Å². The third-order valence-electron chi connectivity index (χ3n) is 5.63. The number of benzene rings is 2. The van der Waals surface area contributed by atoms with Crippen molar-refractivity contribution < 1.29 is 29.2 Å². The number of hydrazine groups is 1. The molecule has 0 aromatic heterocycles. The van der Waals surface area contributed by atoms with E-state index in [0.717, 1.165) is 0 Å². The van der Waals surface area contributed by atoms with Crippen LogP contribution in [-0.4, -0.2) is 53.4 Å². The van der Waals surface area contributed by atoms with Gasteiger partial charge in [-0.2, -0.15) is 0 Å². The number of methoxy groups -OCH3 is 1. The summed E-state index contributed by atoms with van der Waals surface area (Å²) in [5.74, 6) is -0.457. The number of hydrogen-bond acceptors (Lipinski definition) is 6. The fourth-order valence-corrected chi connectivity index (χ4v) is 3.87. The lowest BCUT2D eigenvalue weighted by atomic mass is 9.76. The topological polar surface area (TPSA) is 116 Å². The third-order valence-corrected chi connectivity index (χ3v) is 5.63. The van der Waals surface area contributed by atoms with E-state index in [9.17, 15) is 24.4 Å². The van der Waals surface area contributed by atoms with Gasteiger partial charge in [-0.15, -0.1) is 0 Å². The third kappa shape index (κ3) is 5.80. The number of nitrogens with zero attached hydrogens (tertiary/aromatic N) is 1. The number of carbonyl (C=O) groups excluding carboxylic acids is 3. The van der Waals surface area contributed by atoms with Gasteiger partial charge in [-0.25, -0.2) is 5.01 Å². The molecule has 0 aliphatic rings. The van der Waals surface area contributed by atoms with Crippen LogP contribution in [-0.2, 0) is 0 Å². The quantitative estimate of drug-likeness (QED) is 0.335. The Kier molecular flexibility index (Phi) is 8.41. The number of carbonyl (C=O) groups is 3. The first-order valence-corrected chi connectivity index (χ1v) is 10.7. The van der Waals surface area contributed by atoms with Crippen LogP contribution in [0, 0.1) is 12.3 Å². The molecule has 3 N–H and O–H groups in total. The summed E-state index contributed by atoms with van der Waals surface area (Å²) in [7, 11) is -0.399. The number of amides is 2. The van der Waals surface area contributed by atoms with Crippen molar-refractivity contribution >= 4 is 30.7 Å². The van der Waals surface area contributed by atoms with Gasteiger partial charge in [-0.3, -0.25) is 19.8 Å². The molecule has 0 aliphatic heterocycles. The van der Waals surface area contributed by atoms with E-state index in [1.54, 1.807) is 25.1 Å². The van der Waals surface area contributed by atoms with Crippen LogP contribution in [0.1, 0.15) is 70.8 Å². The molecule has 8 nitrogen and oxygen atoms in total. The zero-order valence-electron chi connectivity index (χ0n) is 19.9. The van der Waals surface area contributed by atoms with E-state index in [-0.39, 0.29) is 28.0 Å². The van der Waals surface area contributed by atoms with Crippen molar-refractivity contribution in [3.63, 3.8) is 0 Å². The summed E-state index contributed by atoms with van der Waals surface area (Å²) in [4.78, 5) is 38.0. The molecule has 0 radical (unpaired) electrons. The van der Waals surface area contributed by atoms with Gasteiger partial charge in [0, 0.05) is 22.3 Å². The molecule has 176 valence electrons. The van der Waals surface area contributed by atoms with Gasteiger partial charge in [0.2, 0.25) is 0 Å². The van der Waals surface area contributed by atoms with Gasteiger partial charge in [-0.05, 0) is 48.5 Å². The molecular formula is C24H31BN2O6. The summed E-state index contributed by atoms with van der Waals surface area (Å²) < 4.78 is 5.34. The van der Waals surface area contributed by atoms with E-state index in [2.05, 4.69) is 5.43 Å². The monoisotopic (exact) mass is 454 g/mol. The van der Waals surface area contributed by atoms with E-state index >= 15 is 0 Å². The molecule has 33 heavy (non-hydrogen) atoms. The molecule has 0 saturated heterocycles. The smallest absolute Gasteiger partial charge is 0.489 e. The predicted molar refractivity (Wildman–Crippen MR) is 127 cm³/mol. The van der Waals surface area contributed by atoms with Crippen LogP contribution in [0.2, 0.25) is 0 Å². The lowest BCUT2D eigenvalue weighted by Gasteiger charge is -2.39. The van der Waals surface area contributed by atoms with Gasteiger partial charge in [0.25, 0.3) is 11.8 Å². The zero-order chi connectivity index (χ0) is 24.9. The fraction of sp³-hybridized carbons (Fsp3) is 0.375. The highest BCUT2D eigenvalue weighted by atomic mass is 16.5. The maximum absolute atomic E-state index is 13.7. The molecule has 2 amide bonds. The van der Waals surface area contributed by atoms with E-state index in [0.29, 0.717) is 29.6 Å². The van der Waals surface area contributed by atoms with Crippen molar-refractivity contribution in [2.75, 3.05) is 7.11 Å². The van der Waals surface area contributed by atoms with Gasteiger partial charge in [0.05, 0.1) is 13.2 Å². The van der Waals surface area contributed by atoms with Gasteiger partial charge < -0.3 is 14.8 Å². The second-order valence-electron chi connectivity index (χ2n) is 8.87. The van der Waals surface area contributed by atoms with Crippen LogP contribution in [0.3, 0.4) is 0 Å². The molecule has 2 rings (SSSR count). The molecule has 0 aliphatic carbocycles. The maximum atomic E-state index is 13.7. The summed E-state index contributed by atoms with van der Waals surface area (Å²) >= 11 is 0. The lowest BCUT2D eigenvalue weighted by Crippen LogP contribution is -2.56. The molecule has 2 aromatic carbocycles. The Balaban J connectivity index is 2.52. The molecule has 0 fully saturated rings. The van der Waals surface area contributed by atoms with Crippen LogP contribution in [0.25, 0.3) is 0 Å². The Morgan fingerprint density at radius 1 is 1.21 bits per heavy atom. The largest absolute Gasteiger partial charge is 0.496 e. The Bertz CT molecular complexity index is 1030. The highest BCUT2D eigenvalue weighted by Crippen LogP contribution is 2.29. The van der Waals surface area contributed by atoms with Crippen LogP contribution in [0.4, 0.5) is 0 Å². The molecule has 2 aromatic rings. The molecule has 1 atom stereocenters. The molecule has 0 bridgehead atoms. The summed E-state index contributed by atoms with van der Waals surface area (Å²) in [5.41, 5.74) is 3.42. The van der Waals surface area contributed by atoms with Gasteiger partial charge in [0.15, 0.2) is 0 Å². The minimum absolute atomic E-state index is 0.0580. The summed E-state index contributed by atoms with van der Waals surface area (Å²) in [6.45, 7) is 9.64.